The van der Waals surface area contributed by atoms with Crippen molar-refractivity contribution in [2.24, 2.45) is 11.8 Å². The zero-order chi connectivity index (χ0) is 19.1. The van der Waals surface area contributed by atoms with Gasteiger partial charge in [-0.25, -0.2) is 0 Å². The summed E-state index contributed by atoms with van der Waals surface area (Å²) in [6.07, 6.45) is 4.55. The number of carbonyl (C=O) groups excluding carboxylic acids is 2. The first-order chi connectivity index (χ1) is 12.4. The van der Waals surface area contributed by atoms with Crippen molar-refractivity contribution in [3.63, 3.8) is 0 Å². The molecular weight excluding hydrogens is 328 g/mol. The Balaban J connectivity index is 1.99. The highest BCUT2D eigenvalue weighted by Gasteiger charge is 2.29. The molecule has 26 heavy (non-hydrogen) atoms. The molecule has 5 heteroatoms. The van der Waals surface area contributed by atoms with Gasteiger partial charge in [0.2, 0.25) is 5.91 Å². The quantitative estimate of drug-likeness (QED) is 0.781. The van der Waals surface area contributed by atoms with Crippen molar-refractivity contribution in [3.05, 3.63) is 29.8 Å². The number of nitrogens with one attached hydrogen (secondary N) is 2. The lowest BCUT2D eigenvalue weighted by atomic mass is 9.85. The molecular formula is C21H32N2O3. The largest absolute Gasteiger partial charge is 0.494 e. The normalized spacial score (nSPS) is 21.1. The molecule has 0 aliphatic heterocycles. The van der Waals surface area contributed by atoms with Crippen molar-refractivity contribution in [1.82, 2.24) is 10.6 Å². The molecule has 5 nitrogen and oxygen atoms in total. The van der Waals surface area contributed by atoms with E-state index in [4.69, 9.17) is 4.74 Å². The number of carbonyl (C=O) groups is 2. The standard InChI is InChI=1S/C21H32N2O3/c1-5-26-17-12-10-16(11-13-17)20(24)23-19(14(2)3)21(25)22-18-9-7-6-8-15(18)4/h10-15,18-19H,5-9H2,1-4H3,(H,22,25)(H,23,24)/t15?,18?,19-/m0/s1. The lowest BCUT2D eigenvalue weighted by Gasteiger charge is -2.32. The van der Waals surface area contributed by atoms with E-state index >= 15 is 0 Å². The lowest BCUT2D eigenvalue weighted by molar-refractivity contribution is -0.125. The fourth-order valence-electron chi connectivity index (χ4n) is 3.43. The third-order valence-electron chi connectivity index (χ3n) is 5.10. The first-order valence-corrected chi connectivity index (χ1v) is 9.76. The van der Waals surface area contributed by atoms with Gasteiger partial charge in [0.05, 0.1) is 6.61 Å². The molecule has 3 atom stereocenters. The molecule has 2 rings (SSSR count). The molecule has 0 bridgehead atoms. The van der Waals surface area contributed by atoms with Crippen LogP contribution in [0.25, 0.3) is 0 Å². The van der Waals surface area contributed by atoms with Crippen LogP contribution in [0.2, 0.25) is 0 Å². The molecule has 1 fully saturated rings. The number of rotatable bonds is 7. The summed E-state index contributed by atoms with van der Waals surface area (Å²) in [6, 6.07) is 6.65. The van der Waals surface area contributed by atoms with Crippen LogP contribution in [0.1, 0.15) is 63.7 Å². The molecule has 1 aliphatic carbocycles. The van der Waals surface area contributed by atoms with Gasteiger partial charge in [-0.05, 0) is 55.9 Å². The van der Waals surface area contributed by atoms with E-state index in [9.17, 15) is 9.59 Å². The van der Waals surface area contributed by atoms with Crippen LogP contribution in [0, 0.1) is 11.8 Å². The van der Waals surface area contributed by atoms with Crippen molar-refractivity contribution in [3.8, 4) is 5.75 Å². The Kier molecular flexibility index (Phi) is 7.49. The maximum absolute atomic E-state index is 12.8. The SMILES string of the molecule is CCOc1ccc(C(=O)N[C@H](C(=O)NC2CCCCC2C)C(C)C)cc1. The number of ether oxygens (including phenoxy) is 1. The minimum Gasteiger partial charge on any atom is -0.494 e. The maximum atomic E-state index is 12.8. The predicted molar refractivity (Wildman–Crippen MR) is 103 cm³/mol. The predicted octanol–water partition coefficient (Wildman–Crippen LogP) is 3.53. The molecule has 0 saturated heterocycles. The smallest absolute Gasteiger partial charge is 0.251 e. The van der Waals surface area contributed by atoms with Gasteiger partial charge in [0.25, 0.3) is 5.91 Å². The minimum atomic E-state index is -0.539. The van der Waals surface area contributed by atoms with E-state index in [1.54, 1.807) is 24.3 Å². The van der Waals surface area contributed by atoms with Gasteiger partial charge in [-0.15, -0.1) is 0 Å². The number of hydrogen-bond donors (Lipinski definition) is 2. The molecule has 1 aliphatic rings. The summed E-state index contributed by atoms with van der Waals surface area (Å²) in [4.78, 5) is 25.3. The van der Waals surface area contributed by atoms with Gasteiger partial charge in [-0.3, -0.25) is 9.59 Å². The summed E-state index contributed by atoms with van der Waals surface area (Å²) >= 11 is 0. The van der Waals surface area contributed by atoms with E-state index in [1.165, 1.54) is 6.42 Å². The van der Waals surface area contributed by atoms with Crippen LogP contribution in [0.3, 0.4) is 0 Å². The summed E-state index contributed by atoms with van der Waals surface area (Å²) in [5.74, 6) is 0.910. The Hall–Kier alpha value is -2.04. The van der Waals surface area contributed by atoms with E-state index in [1.807, 2.05) is 20.8 Å². The van der Waals surface area contributed by atoms with E-state index in [0.717, 1.165) is 25.0 Å². The van der Waals surface area contributed by atoms with Crippen molar-refractivity contribution < 1.29 is 14.3 Å². The summed E-state index contributed by atoms with van der Waals surface area (Å²) in [5.41, 5.74) is 0.526. The van der Waals surface area contributed by atoms with Gasteiger partial charge < -0.3 is 15.4 Å². The second-order valence-electron chi connectivity index (χ2n) is 7.53. The first-order valence-electron chi connectivity index (χ1n) is 9.76. The molecule has 144 valence electrons. The van der Waals surface area contributed by atoms with Crippen molar-refractivity contribution >= 4 is 11.8 Å². The second kappa shape index (κ2) is 9.60. The monoisotopic (exact) mass is 360 g/mol. The van der Waals surface area contributed by atoms with Gasteiger partial charge >= 0.3 is 0 Å². The van der Waals surface area contributed by atoms with Crippen LogP contribution in [0.5, 0.6) is 5.75 Å². The summed E-state index contributed by atoms with van der Waals surface area (Å²) in [6.45, 7) is 8.59. The molecule has 1 saturated carbocycles. The molecule has 0 radical (unpaired) electrons. The molecule has 0 heterocycles. The summed E-state index contributed by atoms with van der Waals surface area (Å²) in [7, 11) is 0. The van der Waals surface area contributed by atoms with Crippen LogP contribution in [0.15, 0.2) is 24.3 Å². The van der Waals surface area contributed by atoms with Crippen molar-refractivity contribution in [2.75, 3.05) is 6.61 Å². The van der Waals surface area contributed by atoms with Gasteiger partial charge in [0.1, 0.15) is 11.8 Å². The third-order valence-corrected chi connectivity index (χ3v) is 5.10. The van der Waals surface area contributed by atoms with Gasteiger partial charge in [0, 0.05) is 11.6 Å². The Bertz CT molecular complexity index is 598. The number of benzene rings is 1. The Labute approximate surface area is 156 Å². The van der Waals surface area contributed by atoms with Crippen LogP contribution >= 0.6 is 0 Å². The lowest BCUT2D eigenvalue weighted by Crippen LogP contribution is -2.53. The van der Waals surface area contributed by atoms with Gasteiger partial charge in [-0.1, -0.05) is 33.6 Å². The molecule has 2 N–H and O–H groups in total. The number of hydrogen-bond acceptors (Lipinski definition) is 3. The zero-order valence-electron chi connectivity index (χ0n) is 16.4. The maximum Gasteiger partial charge on any atom is 0.251 e. The van der Waals surface area contributed by atoms with Gasteiger partial charge in [-0.2, -0.15) is 0 Å². The van der Waals surface area contributed by atoms with Crippen LogP contribution in [-0.2, 0) is 4.79 Å². The zero-order valence-corrected chi connectivity index (χ0v) is 16.4. The highest BCUT2D eigenvalue weighted by atomic mass is 16.5. The van der Waals surface area contributed by atoms with Gasteiger partial charge in [0.15, 0.2) is 0 Å². The molecule has 2 amide bonds. The third kappa shape index (κ3) is 5.48. The first kappa shape index (κ1) is 20.3. The van der Waals surface area contributed by atoms with Crippen molar-refractivity contribution in [1.29, 1.82) is 0 Å². The minimum absolute atomic E-state index is 0.0144. The second-order valence-corrected chi connectivity index (χ2v) is 7.53. The Morgan fingerprint density at radius 3 is 2.38 bits per heavy atom. The summed E-state index contributed by atoms with van der Waals surface area (Å²) < 4.78 is 5.40. The van der Waals surface area contributed by atoms with E-state index in [-0.39, 0.29) is 23.8 Å². The topological polar surface area (TPSA) is 67.4 Å². The van der Waals surface area contributed by atoms with Crippen LogP contribution < -0.4 is 15.4 Å². The average molecular weight is 360 g/mol. The highest BCUT2D eigenvalue weighted by molar-refractivity contribution is 5.97. The highest BCUT2D eigenvalue weighted by Crippen LogP contribution is 2.24. The Morgan fingerprint density at radius 2 is 1.81 bits per heavy atom. The summed E-state index contributed by atoms with van der Waals surface area (Å²) in [5, 5.41) is 6.06. The van der Waals surface area contributed by atoms with E-state index in [2.05, 4.69) is 17.6 Å². The van der Waals surface area contributed by atoms with Crippen molar-refractivity contribution in [2.45, 2.75) is 65.5 Å². The molecule has 0 aromatic heterocycles. The van der Waals surface area contributed by atoms with Crippen LogP contribution in [-0.4, -0.2) is 30.5 Å². The molecule has 1 aromatic rings. The van der Waals surface area contributed by atoms with Crippen LogP contribution in [0.4, 0.5) is 0 Å². The fraction of sp³-hybridized carbons (Fsp3) is 0.619. The number of amides is 2. The molecule has 0 spiro atoms. The molecule has 2 unspecified atom stereocenters. The Morgan fingerprint density at radius 1 is 1.15 bits per heavy atom. The average Bonchev–Trinajstić information content (AvgIpc) is 2.62. The molecule has 1 aromatic carbocycles. The van der Waals surface area contributed by atoms with E-state index in [0.29, 0.717) is 18.1 Å². The fourth-order valence-corrected chi connectivity index (χ4v) is 3.43. The van der Waals surface area contributed by atoms with E-state index < -0.39 is 6.04 Å².